The summed E-state index contributed by atoms with van der Waals surface area (Å²) < 4.78 is 61.4. The smallest absolute Gasteiger partial charge is 0.243 e. The molecule has 38 heavy (non-hydrogen) atoms. The summed E-state index contributed by atoms with van der Waals surface area (Å²) in [4.78, 5) is 12.0. The molecular formula is C24H26FN7O5S. The monoisotopic (exact) mass is 543 g/mol. The molecule has 4 aromatic rings. The number of halogens is 1. The van der Waals surface area contributed by atoms with E-state index in [-0.39, 0.29) is 24.2 Å². The summed E-state index contributed by atoms with van der Waals surface area (Å²) in [7, 11) is -1.24. The van der Waals surface area contributed by atoms with E-state index in [1.54, 1.807) is 49.6 Å². The summed E-state index contributed by atoms with van der Waals surface area (Å²) in [5.41, 5.74) is 0.938. The average Bonchev–Trinajstić information content (AvgIpc) is 3.34. The molecule has 0 radical (unpaired) electrons. The third-order valence-corrected chi connectivity index (χ3v) is 7.29. The van der Waals surface area contributed by atoms with E-state index in [1.165, 1.54) is 25.7 Å². The average molecular weight is 544 g/mol. The maximum atomic E-state index is 13.6. The van der Waals surface area contributed by atoms with E-state index in [0.717, 1.165) is 12.4 Å². The van der Waals surface area contributed by atoms with Gasteiger partial charge >= 0.3 is 0 Å². The summed E-state index contributed by atoms with van der Waals surface area (Å²) in [6.45, 7) is 3.31. The van der Waals surface area contributed by atoms with Crippen LogP contribution in [0.25, 0.3) is 17.1 Å². The maximum Gasteiger partial charge on any atom is 0.243 e. The Morgan fingerprint density at radius 3 is 2.29 bits per heavy atom. The molecule has 0 aliphatic carbocycles. The van der Waals surface area contributed by atoms with Gasteiger partial charge in [0.05, 0.1) is 26.6 Å². The highest BCUT2D eigenvalue weighted by Gasteiger charge is 2.35. The van der Waals surface area contributed by atoms with Crippen LogP contribution < -0.4 is 14.2 Å². The Morgan fingerprint density at radius 2 is 1.71 bits per heavy atom. The van der Waals surface area contributed by atoms with Crippen molar-refractivity contribution in [1.29, 1.82) is 0 Å². The maximum absolute atomic E-state index is 13.6. The summed E-state index contributed by atoms with van der Waals surface area (Å²) in [6.07, 6.45) is 3.98. The predicted octanol–water partition coefficient (Wildman–Crippen LogP) is 3.18. The highest BCUT2D eigenvalue weighted by atomic mass is 32.2. The zero-order chi connectivity index (χ0) is 27.3. The molecule has 14 heteroatoms. The largest absolute Gasteiger partial charge is 0.494 e. The molecule has 0 amide bonds. The Labute approximate surface area is 218 Å². The van der Waals surface area contributed by atoms with E-state index in [1.807, 2.05) is 0 Å². The van der Waals surface area contributed by atoms with Crippen LogP contribution in [-0.2, 0) is 14.8 Å². The molecule has 1 N–H and O–H groups in total. The van der Waals surface area contributed by atoms with E-state index in [2.05, 4.69) is 29.9 Å². The van der Waals surface area contributed by atoms with Crippen molar-refractivity contribution < 1.29 is 27.0 Å². The third kappa shape index (κ3) is 5.40. The quantitative estimate of drug-likeness (QED) is 0.300. The number of pyridine rings is 1. The number of para-hydroxylation sites is 1. The van der Waals surface area contributed by atoms with E-state index >= 15 is 0 Å². The molecule has 0 fully saturated rings. The minimum absolute atomic E-state index is 0.0232. The predicted molar refractivity (Wildman–Crippen MR) is 136 cm³/mol. The number of hydrogen-bond donors (Lipinski definition) is 1. The summed E-state index contributed by atoms with van der Waals surface area (Å²) in [5.74, 6) is 0.294. The molecule has 12 nitrogen and oxygen atoms in total. The number of nitrogens with zero attached hydrogens (tertiary/aromatic N) is 6. The number of hydrogen-bond acceptors (Lipinski definition) is 10. The Kier molecular flexibility index (Phi) is 8.12. The number of ether oxygens (including phenoxy) is 3. The lowest BCUT2D eigenvalue weighted by molar-refractivity contribution is 0.0556. The second-order valence-corrected chi connectivity index (χ2v) is 9.96. The minimum atomic E-state index is -4.20. The van der Waals surface area contributed by atoms with Gasteiger partial charge in [-0.15, -0.1) is 10.2 Å². The van der Waals surface area contributed by atoms with Crippen molar-refractivity contribution in [3.8, 4) is 28.6 Å². The third-order valence-electron chi connectivity index (χ3n) is 5.60. The lowest BCUT2D eigenvalue weighted by atomic mass is 10.2. The fraction of sp³-hybridized carbons (Fsp3) is 0.292. The Balaban J connectivity index is 1.83. The normalized spacial score (nSPS) is 13.1. The first-order chi connectivity index (χ1) is 18.3. The first-order valence-electron chi connectivity index (χ1n) is 11.5. The summed E-state index contributed by atoms with van der Waals surface area (Å²) in [6, 6.07) is 8.60. The molecule has 1 aromatic carbocycles. The molecule has 4 rings (SSSR count). The number of sulfonamides is 1. The van der Waals surface area contributed by atoms with Crippen molar-refractivity contribution in [2.45, 2.75) is 25.2 Å². The van der Waals surface area contributed by atoms with Crippen LogP contribution in [0.1, 0.15) is 25.8 Å². The van der Waals surface area contributed by atoms with E-state index in [9.17, 15) is 12.8 Å². The van der Waals surface area contributed by atoms with E-state index in [0.29, 0.717) is 22.7 Å². The zero-order valence-electron chi connectivity index (χ0n) is 21.1. The fourth-order valence-corrected chi connectivity index (χ4v) is 4.85. The molecule has 3 aromatic heterocycles. The highest BCUT2D eigenvalue weighted by Crippen LogP contribution is 2.38. The van der Waals surface area contributed by atoms with Gasteiger partial charge < -0.3 is 14.2 Å². The van der Waals surface area contributed by atoms with Crippen LogP contribution in [0.5, 0.6) is 11.5 Å². The van der Waals surface area contributed by atoms with Crippen molar-refractivity contribution in [1.82, 2.24) is 29.7 Å². The van der Waals surface area contributed by atoms with Crippen molar-refractivity contribution in [2.75, 3.05) is 25.5 Å². The molecule has 0 aliphatic rings. The number of anilines is 1. The Hall–Kier alpha value is -4.17. The number of methoxy groups -OCH3 is 2. The molecule has 2 atom stereocenters. The molecule has 200 valence electrons. The second kappa shape index (κ2) is 11.5. The van der Waals surface area contributed by atoms with Crippen LogP contribution in [-0.4, -0.2) is 64.2 Å². The molecule has 0 saturated heterocycles. The summed E-state index contributed by atoms with van der Waals surface area (Å²) >= 11 is 0. The molecule has 0 aliphatic heterocycles. The van der Waals surface area contributed by atoms with Crippen LogP contribution in [0.4, 0.5) is 10.3 Å². The number of aromatic nitrogens is 6. The zero-order valence-corrected chi connectivity index (χ0v) is 21.9. The van der Waals surface area contributed by atoms with Crippen molar-refractivity contribution in [3.63, 3.8) is 0 Å². The SMILES string of the molecule is CCO[C@H](c1ncc(F)cn1)[C@H](C)S(=O)(=O)Nc1nnc(-c2cccnc2)n1-c1c(OC)cccc1OC. The van der Waals surface area contributed by atoms with Crippen LogP contribution >= 0.6 is 0 Å². The van der Waals surface area contributed by atoms with Crippen LogP contribution in [0.15, 0.2) is 55.1 Å². The fourth-order valence-electron chi connectivity index (χ4n) is 3.75. The van der Waals surface area contributed by atoms with Gasteiger partial charge in [-0.05, 0) is 38.1 Å². The highest BCUT2D eigenvalue weighted by molar-refractivity contribution is 7.93. The van der Waals surface area contributed by atoms with Gasteiger partial charge in [-0.1, -0.05) is 6.07 Å². The van der Waals surface area contributed by atoms with Crippen molar-refractivity contribution >= 4 is 16.0 Å². The van der Waals surface area contributed by atoms with Crippen molar-refractivity contribution in [3.05, 3.63) is 66.8 Å². The Bertz CT molecular complexity index is 1460. The topological polar surface area (TPSA) is 143 Å². The van der Waals surface area contributed by atoms with Gasteiger partial charge in [0.25, 0.3) is 0 Å². The van der Waals surface area contributed by atoms with Gasteiger partial charge in [0.1, 0.15) is 28.5 Å². The molecule has 0 spiro atoms. The van der Waals surface area contributed by atoms with Gasteiger partial charge in [-0.2, -0.15) is 0 Å². The molecular weight excluding hydrogens is 517 g/mol. The summed E-state index contributed by atoms with van der Waals surface area (Å²) in [5, 5.41) is 7.17. The minimum Gasteiger partial charge on any atom is -0.494 e. The van der Waals surface area contributed by atoms with Crippen LogP contribution in [0, 0.1) is 5.82 Å². The van der Waals surface area contributed by atoms with Gasteiger partial charge in [-0.3, -0.25) is 14.3 Å². The first-order valence-corrected chi connectivity index (χ1v) is 13.0. The Morgan fingerprint density at radius 1 is 1.03 bits per heavy atom. The van der Waals surface area contributed by atoms with Gasteiger partial charge in [0.15, 0.2) is 17.5 Å². The lowest BCUT2D eigenvalue weighted by Gasteiger charge is -2.23. The lowest BCUT2D eigenvalue weighted by Crippen LogP contribution is -2.34. The van der Waals surface area contributed by atoms with Crippen LogP contribution in [0.2, 0.25) is 0 Å². The first kappa shape index (κ1) is 26.9. The van der Waals surface area contributed by atoms with Crippen molar-refractivity contribution in [2.24, 2.45) is 0 Å². The van der Waals surface area contributed by atoms with Gasteiger partial charge in [-0.25, -0.2) is 22.8 Å². The molecule has 0 unspecified atom stereocenters. The van der Waals surface area contributed by atoms with E-state index < -0.39 is 27.2 Å². The van der Waals surface area contributed by atoms with Crippen LogP contribution in [0.3, 0.4) is 0 Å². The number of rotatable bonds is 11. The van der Waals surface area contributed by atoms with Gasteiger partial charge in [0, 0.05) is 24.6 Å². The number of nitrogens with one attached hydrogen (secondary N) is 1. The molecule has 3 heterocycles. The second-order valence-electron chi connectivity index (χ2n) is 7.92. The standard InChI is InChI=1S/C24H26FN7O5S/c1-5-37-21(22-27-13-17(25)14-28-22)15(2)38(33,34)31-24-30-29-23(16-8-7-11-26-12-16)32(24)20-18(35-3)9-6-10-19(20)36-4/h6-15,21H,5H2,1-4H3,(H,30,31)/t15-,21-/m0/s1. The number of benzene rings is 1. The van der Waals surface area contributed by atoms with E-state index in [4.69, 9.17) is 14.2 Å². The molecule has 0 bridgehead atoms. The van der Waals surface area contributed by atoms with Gasteiger partial charge in [0.2, 0.25) is 16.0 Å². The molecule has 0 saturated carbocycles.